The minimum absolute atomic E-state index is 0.0459. The summed E-state index contributed by atoms with van der Waals surface area (Å²) in [6, 6.07) is 0. The van der Waals surface area contributed by atoms with Crippen molar-refractivity contribution in [2.75, 3.05) is 6.61 Å². The highest BCUT2D eigenvalue weighted by Gasteiger charge is 2.11. The van der Waals surface area contributed by atoms with Crippen LogP contribution in [0.5, 0.6) is 0 Å². The fourth-order valence-electron chi connectivity index (χ4n) is 4.34. The summed E-state index contributed by atoms with van der Waals surface area (Å²) in [5.41, 5.74) is 0. The Labute approximate surface area is 207 Å². The van der Waals surface area contributed by atoms with E-state index in [1.54, 1.807) is 0 Å². The molecule has 0 heterocycles. The van der Waals surface area contributed by atoms with Gasteiger partial charge in [-0.25, -0.2) is 4.18 Å². The quantitative estimate of drug-likeness (QED) is 0.0747. The Morgan fingerprint density at radius 3 is 1.45 bits per heavy atom. The molecule has 0 fully saturated rings. The lowest BCUT2D eigenvalue weighted by Gasteiger charge is -2.12. The minimum atomic E-state index is -4.36. The predicted octanol–water partition coefficient (Wildman–Crippen LogP) is 9.60. The van der Waals surface area contributed by atoms with Gasteiger partial charge in [-0.2, -0.15) is 8.42 Å². The zero-order valence-corrected chi connectivity index (χ0v) is 22.9. The van der Waals surface area contributed by atoms with Crippen molar-refractivity contribution in [3.05, 3.63) is 12.2 Å². The lowest BCUT2D eigenvalue weighted by atomic mass is 9.99. The molecule has 0 bridgehead atoms. The average Bonchev–Trinajstić information content (AvgIpc) is 2.78. The van der Waals surface area contributed by atoms with Gasteiger partial charge in [0, 0.05) is 5.92 Å². The first-order chi connectivity index (χ1) is 16.0. The minimum Gasteiger partial charge on any atom is -0.264 e. The predicted molar refractivity (Wildman–Crippen MR) is 143 cm³/mol. The van der Waals surface area contributed by atoms with Crippen molar-refractivity contribution in [3.63, 3.8) is 0 Å². The third-order valence-electron chi connectivity index (χ3n) is 6.49. The van der Waals surface area contributed by atoms with Crippen LogP contribution in [0, 0.1) is 5.92 Å². The van der Waals surface area contributed by atoms with Gasteiger partial charge in [-0.1, -0.05) is 148 Å². The first kappa shape index (κ1) is 32.6. The second-order valence-corrected chi connectivity index (χ2v) is 10.9. The molecule has 1 atom stereocenters. The number of hydrogen-bond donors (Lipinski definition) is 1. The van der Waals surface area contributed by atoms with Gasteiger partial charge in [0.15, 0.2) is 0 Å². The number of unbranched alkanes of at least 4 members (excludes halogenated alkanes) is 19. The summed E-state index contributed by atoms with van der Waals surface area (Å²) in [7, 11) is -4.36. The monoisotopic (exact) mass is 488 g/mol. The zero-order valence-electron chi connectivity index (χ0n) is 22.1. The average molecular weight is 489 g/mol. The molecule has 5 heteroatoms. The summed E-state index contributed by atoms with van der Waals surface area (Å²) < 4.78 is 35.5. The van der Waals surface area contributed by atoms with Crippen molar-refractivity contribution >= 4 is 10.4 Å². The molecule has 0 radical (unpaired) electrons. The molecule has 0 amide bonds. The second-order valence-electron chi connectivity index (χ2n) is 9.84. The summed E-state index contributed by atoms with van der Waals surface area (Å²) in [5, 5.41) is 0. The normalized spacial score (nSPS) is 13.2. The lowest BCUT2D eigenvalue weighted by Crippen LogP contribution is -2.12. The molecule has 0 saturated carbocycles. The molecule has 0 rings (SSSR count). The molecule has 0 aliphatic rings. The van der Waals surface area contributed by atoms with E-state index >= 15 is 0 Å². The van der Waals surface area contributed by atoms with Crippen molar-refractivity contribution in [2.24, 2.45) is 5.92 Å². The summed E-state index contributed by atoms with van der Waals surface area (Å²) in [4.78, 5) is 0. The fraction of sp³-hybridized carbons (Fsp3) is 0.929. The van der Waals surface area contributed by atoms with Gasteiger partial charge in [-0.05, 0) is 19.3 Å². The lowest BCUT2D eigenvalue weighted by molar-refractivity contribution is 0.234. The molecule has 198 valence electrons. The van der Waals surface area contributed by atoms with Gasteiger partial charge in [0.05, 0.1) is 6.61 Å². The van der Waals surface area contributed by atoms with E-state index in [9.17, 15) is 8.42 Å². The Bertz CT molecular complexity index is 516. The fourth-order valence-corrected chi connectivity index (χ4v) is 4.69. The van der Waals surface area contributed by atoms with Crippen molar-refractivity contribution in [1.82, 2.24) is 0 Å². The third kappa shape index (κ3) is 27.7. The first-order valence-corrected chi connectivity index (χ1v) is 15.6. The summed E-state index contributed by atoms with van der Waals surface area (Å²) in [6.45, 7) is 4.55. The van der Waals surface area contributed by atoms with Crippen molar-refractivity contribution in [1.29, 1.82) is 0 Å². The number of allylic oxidation sites excluding steroid dienone is 1. The molecule has 0 aliphatic heterocycles. The van der Waals surface area contributed by atoms with Crippen LogP contribution in [0.2, 0.25) is 0 Å². The van der Waals surface area contributed by atoms with E-state index in [0.717, 1.165) is 19.3 Å². The van der Waals surface area contributed by atoms with Crippen LogP contribution < -0.4 is 0 Å². The Kier molecular flexibility index (Phi) is 24.4. The largest absolute Gasteiger partial charge is 0.397 e. The number of hydrogen-bond acceptors (Lipinski definition) is 3. The molecular weight excluding hydrogens is 432 g/mol. The van der Waals surface area contributed by atoms with Crippen LogP contribution in [0.3, 0.4) is 0 Å². The van der Waals surface area contributed by atoms with Crippen LogP contribution in [0.4, 0.5) is 0 Å². The van der Waals surface area contributed by atoms with Crippen LogP contribution in [-0.4, -0.2) is 19.6 Å². The molecule has 0 aromatic heterocycles. The highest BCUT2D eigenvalue weighted by atomic mass is 32.3. The van der Waals surface area contributed by atoms with Crippen LogP contribution in [0.25, 0.3) is 0 Å². The van der Waals surface area contributed by atoms with Gasteiger partial charge in [0.25, 0.3) is 0 Å². The van der Waals surface area contributed by atoms with Crippen molar-refractivity contribution in [2.45, 2.75) is 155 Å². The summed E-state index contributed by atoms with van der Waals surface area (Å²) in [6.07, 6.45) is 32.5. The number of rotatable bonds is 26. The molecular formula is C28H56O4S. The Morgan fingerprint density at radius 1 is 0.636 bits per heavy atom. The van der Waals surface area contributed by atoms with Gasteiger partial charge in [0.1, 0.15) is 0 Å². The van der Waals surface area contributed by atoms with Crippen LogP contribution in [0.1, 0.15) is 155 Å². The topological polar surface area (TPSA) is 63.6 Å². The van der Waals surface area contributed by atoms with Crippen LogP contribution in [0.15, 0.2) is 12.2 Å². The summed E-state index contributed by atoms with van der Waals surface area (Å²) in [5.74, 6) is 0.0596. The molecule has 0 saturated heterocycles. The van der Waals surface area contributed by atoms with Crippen molar-refractivity contribution < 1.29 is 17.2 Å². The molecule has 0 aromatic carbocycles. The van der Waals surface area contributed by atoms with E-state index in [-0.39, 0.29) is 12.5 Å². The Balaban J connectivity index is 3.82. The first-order valence-electron chi connectivity index (χ1n) is 14.3. The molecule has 0 spiro atoms. The molecule has 1 N–H and O–H groups in total. The molecule has 0 aromatic rings. The van der Waals surface area contributed by atoms with Crippen LogP contribution in [-0.2, 0) is 14.6 Å². The van der Waals surface area contributed by atoms with Crippen LogP contribution >= 0.6 is 0 Å². The van der Waals surface area contributed by atoms with E-state index in [2.05, 4.69) is 30.2 Å². The van der Waals surface area contributed by atoms with Gasteiger partial charge >= 0.3 is 10.4 Å². The molecule has 4 nitrogen and oxygen atoms in total. The Morgan fingerprint density at radius 2 is 1.03 bits per heavy atom. The zero-order chi connectivity index (χ0) is 24.5. The Hall–Kier alpha value is -0.390. The molecule has 1 unspecified atom stereocenters. The standard InChI is InChI=1S/C28H56O4S/c1-3-5-7-9-11-13-14-15-16-17-18-20-22-24-26-28(27-32-33(29,30)31)25-23-21-19-12-10-8-6-4-2/h24,26,28H,3-23,25,27H2,1-2H3,(H,29,30,31)/b26-24+. The summed E-state index contributed by atoms with van der Waals surface area (Å²) >= 11 is 0. The maximum Gasteiger partial charge on any atom is 0.397 e. The van der Waals surface area contributed by atoms with E-state index < -0.39 is 10.4 Å². The van der Waals surface area contributed by atoms with Gasteiger partial charge in [-0.15, -0.1) is 0 Å². The molecule has 33 heavy (non-hydrogen) atoms. The van der Waals surface area contributed by atoms with Gasteiger partial charge in [-0.3, -0.25) is 4.55 Å². The highest BCUT2D eigenvalue weighted by Crippen LogP contribution is 2.17. The van der Waals surface area contributed by atoms with Crippen molar-refractivity contribution in [3.8, 4) is 0 Å². The maximum atomic E-state index is 10.9. The smallest absolute Gasteiger partial charge is 0.264 e. The van der Waals surface area contributed by atoms with E-state index in [4.69, 9.17) is 4.55 Å². The second kappa shape index (κ2) is 24.7. The van der Waals surface area contributed by atoms with Gasteiger partial charge < -0.3 is 0 Å². The van der Waals surface area contributed by atoms with E-state index in [1.807, 2.05) is 0 Å². The maximum absolute atomic E-state index is 10.9. The van der Waals surface area contributed by atoms with Gasteiger partial charge in [0.2, 0.25) is 0 Å². The molecule has 0 aliphatic carbocycles. The van der Waals surface area contributed by atoms with E-state index in [1.165, 1.54) is 122 Å². The van der Waals surface area contributed by atoms with E-state index in [0.29, 0.717) is 0 Å². The SMILES string of the molecule is CCCCCCCCCCCCCC/C=C/C(CCCCCCCCCC)COS(=O)(=O)O. The highest BCUT2D eigenvalue weighted by molar-refractivity contribution is 7.80. The third-order valence-corrected chi connectivity index (χ3v) is 6.93.